The van der Waals surface area contributed by atoms with Gasteiger partial charge in [-0.2, -0.15) is 18.3 Å². The Labute approximate surface area is 95.9 Å². The summed E-state index contributed by atoms with van der Waals surface area (Å²) in [5.74, 6) is 0. The minimum atomic E-state index is -4.42. The Hall–Kier alpha value is -1.85. The molecule has 2 heterocycles. The van der Waals surface area contributed by atoms with Gasteiger partial charge in [0.05, 0.1) is 5.69 Å². The molecule has 0 atom stereocenters. The lowest BCUT2D eigenvalue weighted by Crippen LogP contribution is -2.07. The number of hydrogen-bond acceptors (Lipinski definition) is 2. The first-order chi connectivity index (χ1) is 8.02. The maximum atomic E-state index is 12.5. The highest BCUT2D eigenvalue weighted by Gasteiger charge is 2.34. The summed E-state index contributed by atoms with van der Waals surface area (Å²) in [5, 5.41) is 3.54. The fourth-order valence-corrected chi connectivity index (χ4v) is 1.54. The number of aryl methyl sites for hydroxylation is 1. The van der Waals surface area contributed by atoms with Crippen molar-refractivity contribution >= 4 is 0 Å². The zero-order chi connectivity index (χ0) is 12.5. The third-order valence-electron chi connectivity index (χ3n) is 2.33. The standard InChI is InChI=1S/C11H10F3N3/c1-2-17-9(8-4-3-5-15-7-8)6-10(16-17)11(12,13)14/h3-7H,2H2,1H3. The van der Waals surface area contributed by atoms with Gasteiger partial charge in [-0.1, -0.05) is 0 Å². The molecular weight excluding hydrogens is 231 g/mol. The maximum Gasteiger partial charge on any atom is 0.435 e. The molecular formula is C11H10F3N3. The zero-order valence-electron chi connectivity index (χ0n) is 9.07. The quantitative estimate of drug-likeness (QED) is 0.809. The third-order valence-corrected chi connectivity index (χ3v) is 2.33. The summed E-state index contributed by atoms with van der Waals surface area (Å²) in [6.45, 7) is 2.12. The Bertz CT molecular complexity index is 502. The van der Waals surface area contributed by atoms with Crippen LogP contribution in [-0.4, -0.2) is 14.8 Å². The molecule has 2 aromatic heterocycles. The van der Waals surface area contributed by atoms with Gasteiger partial charge in [0.25, 0.3) is 0 Å². The number of halogens is 3. The van der Waals surface area contributed by atoms with E-state index < -0.39 is 11.9 Å². The SMILES string of the molecule is CCn1nc(C(F)(F)F)cc1-c1cccnc1. The summed E-state index contributed by atoms with van der Waals surface area (Å²) >= 11 is 0. The molecule has 0 bridgehead atoms. The number of rotatable bonds is 2. The van der Waals surface area contributed by atoms with Crippen LogP contribution in [0.2, 0.25) is 0 Å². The van der Waals surface area contributed by atoms with Crippen LogP contribution in [0, 0.1) is 0 Å². The molecule has 0 radical (unpaired) electrons. The Kier molecular flexibility index (Phi) is 2.87. The number of hydrogen-bond donors (Lipinski definition) is 0. The van der Waals surface area contributed by atoms with Gasteiger partial charge in [0.2, 0.25) is 0 Å². The van der Waals surface area contributed by atoms with Crippen molar-refractivity contribution in [1.29, 1.82) is 0 Å². The van der Waals surface area contributed by atoms with Crippen molar-refractivity contribution in [3.8, 4) is 11.3 Å². The summed E-state index contributed by atoms with van der Waals surface area (Å²) in [6.07, 6.45) is -1.33. The predicted octanol–water partition coefficient (Wildman–Crippen LogP) is 2.98. The lowest BCUT2D eigenvalue weighted by molar-refractivity contribution is -0.141. The van der Waals surface area contributed by atoms with Crippen molar-refractivity contribution in [2.45, 2.75) is 19.6 Å². The van der Waals surface area contributed by atoms with Crippen molar-refractivity contribution in [3.63, 3.8) is 0 Å². The number of pyridine rings is 1. The smallest absolute Gasteiger partial charge is 0.265 e. The number of alkyl halides is 3. The van der Waals surface area contributed by atoms with Crippen LogP contribution in [0.5, 0.6) is 0 Å². The maximum absolute atomic E-state index is 12.5. The first-order valence-corrected chi connectivity index (χ1v) is 5.08. The van der Waals surface area contributed by atoms with Crippen LogP contribution >= 0.6 is 0 Å². The van der Waals surface area contributed by atoms with Gasteiger partial charge in [-0.3, -0.25) is 9.67 Å². The van der Waals surface area contributed by atoms with E-state index in [2.05, 4.69) is 10.1 Å². The summed E-state index contributed by atoms with van der Waals surface area (Å²) < 4.78 is 38.9. The van der Waals surface area contributed by atoms with E-state index in [1.807, 2.05) is 0 Å². The van der Waals surface area contributed by atoms with Gasteiger partial charge in [-0.05, 0) is 25.1 Å². The van der Waals surface area contributed by atoms with Crippen molar-refractivity contribution in [1.82, 2.24) is 14.8 Å². The molecule has 2 aromatic rings. The Morgan fingerprint density at radius 3 is 2.65 bits per heavy atom. The Morgan fingerprint density at radius 2 is 2.12 bits per heavy atom. The molecule has 0 saturated carbocycles. The molecule has 0 saturated heterocycles. The fraction of sp³-hybridized carbons (Fsp3) is 0.273. The van der Waals surface area contributed by atoms with E-state index in [0.717, 1.165) is 6.07 Å². The number of aromatic nitrogens is 3. The Morgan fingerprint density at radius 1 is 1.35 bits per heavy atom. The fourth-order valence-electron chi connectivity index (χ4n) is 1.54. The van der Waals surface area contributed by atoms with Crippen LogP contribution < -0.4 is 0 Å². The molecule has 0 unspecified atom stereocenters. The highest BCUT2D eigenvalue weighted by Crippen LogP contribution is 2.31. The van der Waals surface area contributed by atoms with E-state index in [1.54, 1.807) is 25.3 Å². The van der Waals surface area contributed by atoms with Crippen molar-refractivity contribution < 1.29 is 13.2 Å². The van der Waals surface area contributed by atoms with Gasteiger partial charge in [0.15, 0.2) is 5.69 Å². The topological polar surface area (TPSA) is 30.7 Å². The average molecular weight is 241 g/mol. The minimum Gasteiger partial charge on any atom is -0.265 e. The van der Waals surface area contributed by atoms with Crippen LogP contribution in [0.3, 0.4) is 0 Å². The zero-order valence-corrected chi connectivity index (χ0v) is 9.07. The normalized spacial score (nSPS) is 11.8. The summed E-state index contributed by atoms with van der Waals surface area (Å²) in [4.78, 5) is 3.89. The third kappa shape index (κ3) is 2.30. The van der Waals surface area contributed by atoms with Gasteiger partial charge in [0.1, 0.15) is 0 Å². The molecule has 90 valence electrons. The molecule has 0 amide bonds. The summed E-state index contributed by atoms with van der Waals surface area (Å²) in [6, 6.07) is 4.42. The highest BCUT2D eigenvalue weighted by atomic mass is 19.4. The molecule has 0 aliphatic heterocycles. The van der Waals surface area contributed by atoms with Crippen LogP contribution in [-0.2, 0) is 12.7 Å². The second-order valence-electron chi connectivity index (χ2n) is 3.47. The molecule has 0 aliphatic carbocycles. The molecule has 6 heteroatoms. The van der Waals surface area contributed by atoms with Gasteiger partial charge in [0, 0.05) is 24.5 Å². The second kappa shape index (κ2) is 4.20. The van der Waals surface area contributed by atoms with Crippen LogP contribution in [0.15, 0.2) is 30.6 Å². The van der Waals surface area contributed by atoms with E-state index in [4.69, 9.17) is 0 Å². The lowest BCUT2D eigenvalue weighted by atomic mass is 10.2. The monoisotopic (exact) mass is 241 g/mol. The molecule has 17 heavy (non-hydrogen) atoms. The van der Waals surface area contributed by atoms with Gasteiger partial charge in [-0.15, -0.1) is 0 Å². The van der Waals surface area contributed by atoms with E-state index in [9.17, 15) is 13.2 Å². The van der Waals surface area contributed by atoms with Crippen molar-refractivity contribution in [2.24, 2.45) is 0 Å². The molecule has 0 aliphatic rings. The predicted molar refractivity (Wildman–Crippen MR) is 56.1 cm³/mol. The average Bonchev–Trinajstić information content (AvgIpc) is 2.73. The molecule has 2 rings (SSSR count). The molecule has 0 N–H and O–H groups in total. The van der Waals surface area contributed by atoms with Gasteiger partial charge in [-0.25, -0.2) is 0 Å². The highest BCUT2D eigenvalue weighted by molar-refractivity contribution is 5.58. The summed E-state index contributed by atoms with van der Waals surface area (Å²) in [5.41, 5.74) is 0.170. The van der Waals surface area contributed by atoms with Crippen LogP contribution in [0.1, 0.15) is 12.6 Å². The van der Waals surface area contributed by atoms with Crippen LogP contribution in [0.25, 0.3) is 11.3 Å². The van der Waals surface area contributed by atoms with E-state index in [-0.39, 0.29) is 0 Å². The van der Waals surface area contributed by atoms with Gasteiger partial charge >= 0.3 is 6.18 Å². The first kappa shape index (κ1) is 11.6. The Balaban J connectivity index is 2.51. The second-order valence-corrected chi connectivity index (χ2v) is 3.47. The molecule has 0 aromatic carbocycles. The minimum absolute atomic E-state index is 0.375. The van der Waals surface area contributed by atoms with Crippen molar-refractivity contribution in [3.05, 3.63) is 36.3 Å². The molecule has 3 nitrogen and oxygen atoms in total. The summed E-state index contributed by atoms with van der Waals surface area (Å²) in [7, 11) is 0. The lowest BCUT2D eigenvalue weighted by Gasteiger charge is -2.03. The first-order valence-electron chi connectivity index (χ1n) is 5.08. The van der Waals surface area contributed by atoms with E-state index >= 15 is 0 Å². The van der Waals surface area contributed by atoms with Crippen molar-refractivity contribution in [2.75, 3.05) is 0 Å². The van der Waals surface area contributed by atoms with Crippen LogP contribution in [0.4, 0.5) is 13.2 Å². The number of nitrogens with zero attached hydrogens (tertiary/aromatic N) is 3. The molecule has 0 fully saturated rings. The van der Waals surface area contributed by atoms with E-state index in [1.165, 1.54) is 10.9 Å². The van der Waals surface area contributed by atoms with E-state index in [0.29, 0.717) is 17.8 Å². The molecule has 0 spiro atoms. The largest absolute Gasteiger partial charge is 0.435 e. The van der Waals surface area contributed by atoms with Gasteiger partial charge < -0.3 is 0 Å².